The van der Waals surface area contributed by atoms with E-state index in [1.807, 2.05) is 0 Å². The van der Waals surface area contributed by atoms with Gasteiger partial charge in [0.2, 0.25) is 0 Å². The summed E-state index contributed by atoms with van der Waals surface area (Å²) in [7, 11) is 0. The monoisotopic (exact) mass is 279 g/mol. The van der Waals surface area contributed by atoms with E-state index in [-0.39, 0.29) is 0 Å². The number of hydrogen-bond acceptors (Lipinski definition) is 4. The Morgan fingerprint density at radius 3 is 2.84 bits per heavy atom. The van der Waals surface area contributed by atoms with Crippen molar-refractivity contribution in [3.05, 3.63) is 40.7 Å². The first kappa shape index (κ1) is 13.4. The van der Waals surface area contributed by atoms with E-state index < -0.39 is 5.97 Å². The highest BCUT2D eigenvalue weighted by Gasteiger charge is 2.12. The molecule has 0 saturated carbocycles. The van der Waals surface area contributed by atoms with Crippen LogP contribution in [0, 0.1) is 6.92 Å². The zero-order valence-electron chi connectivity index (χ0n) is 10.7. The summed E-state index contributed by atoms with van der Waals surface area (Å²) in [5, 5.41) is 4.78. The number of nitrogen functional groups attached to an aromatic ring is 1. The van der Waals surface area contributed by atoms with Gasteiger partial charge in [-0.2, -0.15) is 5.10 Å². The quantitative estimate of drug-likeness (QED) is 0.692. The normalized spacial score (nSPS) is 10.5. The fourth-order valence-electron chi connectivity index (χ4n) is 1.65. The minimum Gasteiger partial charge on any atom is -0.462 e. The molecule has 5 nitrogen and oxygen atoms in total. The summed E-state index contributed by atoms with van der Waals surface area (Å²) in [6.45, 7) is 3.88. The number of aromatic nitrogens is 2. The van der Waals surface area contributed by atoms with E-state index in [0.29, 0.717) is 34.3 Å². The predicted octanol–water partition coefficient (Wildman–Crippen LogP) is 2.59. The Labute approximate surface area is 115 Å². The second kappa shape index (κ2) is 5.32. The van der Waals surface area contributed by atoms with Crippen molar-refractivity contribution in [2.24, 2.45) is 0 Å². The van der Waals surface area contributed by atoms with Crippen LogP contribution in [0.5, 0.6) is 0 Å². The lowest BCUT2D eigenvalue weighted by atomic mass is 10.2. The van der Waals surface area contributed by atoms with Gasteiger partial charge in [-0.25, -0.2) is 9.48 Å². The molecule has 2 aromatic rings. The maximum Gasteiger partial charge on any atom is 0.338 e. The molecule has 6 heteroatoms. The van der Waals surface area contributed by atoms with Gasteiger partial charge < -0.3 is 10.5 Å². The molecular weight excluding hydrogens is 266 g/mol. The molecule has 0 bridgehead atoms. The Bertz CT molecular complexity index is 603. The molecule has 100 valence electrons. The fraction of sp³-hybridized carbons (Fsp3) is 0.231. The lowest BCUT2D eigenvalue weighted by Crippen LogP contribution is -2.07. The van der Waals surface area contributed by atoms with E-state index in [1.165, 1.54) is 0 Å². The molecule has 0 atom stereocenters. The number of esters is 1. The topological polar surface area (TPSA) is 70.1 Å². The number of anilines is 1. The lowest BCUT2D eigenvalue weighted by molar-refractivity contribution is 0.0526. The van der Waals surface area contributed by atoms with E-state index in [0.717, 1.165) is 0 Å². The third-order valence-corrected chi connectivity index (χ3v) is 3.00. The molecule has 0 aliphatic rings. The summed E-state index contributed by atoms with van der Waals surface area (Å²) in [5.41, 5.74) is 8.13. The second-order valence-electron chi connectivity index (χ2n) is 4.00. The minimum atomic E-state index is -0.390. The zero-order valence-corrected chi connectivity index (χ0v) is 11.4. The molecule has 0 radical (unpaired) electrons. The Morgan fingerprint density at radius 2 is 2.26 bits per heavy atom. The van der Waals surface area contributed by atoms with Crippen molar-refractivity contribution < 1.29 is 9.53 Å². The van der Waals surface area contributed by atoms with Crippen LogP contribution in [0.3, 0.4) is 0 Å². The van der Waals surface area contributed by atoms with Crippen LogP contribution in [-0.4, -0.2) is 22.4 Å². The number of nitrogens with two attached hydrogens (primary N) is 1. The number of ether oxygens (including phenoxy) is 1. The number of rotatable bonds is 3. The van der Waals surface area contributed by atoms with Gasteiger partial charge in [0.25, 0.3) is 0 Å². The lowest BCUT2D eigenvalue weighted by Gasteiger charge is -2.08. The third kappa shape index (κ3) is 2.71. The van der Waals surface area contributed by atoms with E-state index in [9.17, 15) is 4.79 Å². The van der Waals surface area contributed by atoms with Gasteiger partial charge >= 0.3 is 5.97 Å². The van der Waals surface area contributed by atoms with Crippen molar-refractivity contribution in [1.82, 2.24) is 9.78 Å². The Hall–Kier alpha value is -2.01. The second-order valence-corrected chi connectivity index (χ2v) is 4.41. The van der Waals surface area contributed by atoms with Gasteiger partial charge in [-0.1, -0.05) is 11.6 Å². The largest absolute Gasteiger partial charge is 0.462 e. The van der Waals surface area contributed by atoms with E-state index >= 15 is 0 Å². The molecule has 0 saturated heterocycles. The first-order valence-corrected chi connectivity index (χ1v) is 6.19. The Kier molecular flexibility index (Phi) is 3.76. The van der Waals surface area contributed by atoms with Crippen LogP contribution in [0.4, 0.5) is 5.69 Å². The summed E-state index contributed by atoms with van der Waals surface area (Å²) < 4.78 is 6.50. The number of nitrogens with zero attached hydrogens (tertiary/aromatic N) is 2. The summed E-state index contributed by atoms with van der Waals surface area (Å²) in [6, 6.07) is 4.90. The van der Waals surface area contributed by atoms with E-state index in [4.69, 9.17) is 22.1 Å². The maximum absolute atomic E-state index is 11.7. The van der Waals surface area contributed by atoms with Crippen LogP contribution >= 0.6 is 11.6 Å². The van der Waals surface area contributed by atoms with Gasteiger partial charge in [-0.3, -0.25) is 0 Å². The van der Waals surface area contributed by atoms with Crippen LogP contribution in [0.2, 0.25) is 5.02 Å². The molecule has 1 heterocycles. The van der Waals surface area contributed by atoms with Crippen molar-refractivity contribution in [1.29, 1.82) is 0 Å². The Balaban J connectivity index is 2.45. The first-order valence-electron chi connectivity index (χ1n) is 5.81. The molecule has 2 N–H and O–H groups in total. The predicted molar refractivity (Wildman–Crippen MR) is 73.7 cm³/mol. The van der Waals surface area contributed by atoms with Gasteiger partial charge in [0, 0.05) is 6.20 Å². The number of carbonyl (C=O) groups is 1. The van der Waals surface area contributed by atoms with Gasteiger partial charge in [-0.05, 0) is 32.0 Å². The summed E-state index contributed by atoms with van der Waals surface area (Å²) in [6.07, 6.45) is 1.65. The van der Waals surface area contributed by atoms with Crippen molar-refractivity contribution in [3.63, 3.8) is 0 Å². The molecule has 0 spiro atoms. The van der Waals surface area contributed by atoms with Crippen molar-refractivity contribution in [2.45, 2.75) is 13.8 Å². The number of carbonyl (C=O) groups excluding carboxylic acids is 1. The molecule has 0 aliphatic carbocycles. The van der Waals surface area contributed by atoms with Gasteiger partial charge in [-0.15, -0.1) is 0 Å². The molecule has 2 rings (SSSR count). The summed E-state index contributed by atoms with van der Waals surface area (Å²) in [4.78, 5) is 11.7. The number of benzene rings is 1. The van der Waals surface area contributed by atoms with Gasteiger partial charge in [0.15, 0.2) is 0 Å². The number of halogens is 1. The fourth-order valence-corrected chi connectivity index (χ4v) is 1.78. The molecule has 1 aromatic heterocycles. The highest BCUT2D eigenvalue weighted by Crippen LogP contribution is 2.22. The molecule has 0 fully saturated rings. The average molecular weight is 280 g/mol. The van der Waals surface area contributed by atoms with Gasteiger partial charge in [0.05, 0.1) is 34.3 Å². The van der Waals surface area contributed by atoms with E-state index in [1.54, 1.807) is 42.9 Å². The van der Waals surface area contributed by atoms with Crippen LogP contribution in [0.1, 0.15) is 23.0 Å². The molecule has 19 heavy (non-hydrogen) atoms. The first-order chi connectivity index (χ1) is 9.02. The van der Waals surface area contributed by atoms with E-state index in [2.05, 4.69) is 5.10 Å². The SMILES string of the molecule is CCOC(=O)c1ccc(N)c(-n2cc(Cl)c(C)n2)c1. The smallest absolute Gasteiger partial charge is 0.338 e. The molecule has 0 unspecified atom stereocenters. The molecule has 1 aromatic carbocycles. The van der Waals surface area contributed by atoms with Crippen LogP contribution in [0.15, 0.2) is 24.4 Å². The van der Waals surface area contributed by atoms with Crippen LogP contribution in [0.25, 0.3) is 5.69 Å². The molecular formula is C13H14ClN3O2. The highest BCUT2D eigenvalue weighted by molar-refractivity contribution is 6.31. The minimum absolute atomic E-state index is 0.325. The van der Waals surface area contributed by atoms with Gasteiger partial charge in [0.1, 0.15) is 0 Å². The van der Waals surface area contributed by atoms with Crippen LogP contribution in [-0.2, 0) is 4.74 Å². The van der Waals surface area contributed by atoms with Crippen molar-refractivity contribution >= 4 is 23.3 Å². The molecule has 0 aliphatic heterocycles. The maximum atomic E-state index is 11.7. The summed E-state index contributed by atoms with van der Waals surface area (Å²) >= 11 is 5.97. The zero-order chi connectivity index (χ0) is 14.0. The third-order valence-electron chi connectivity index (χ3n) is 2.63. The van der Waals surface area contributed by atoms with Crippen molar-refractivity contribution in [2.75, 3.05) is 12.3 Å². The van der Waals surface area contributed by atoms with Crippen molar-refractivity contribution in [3.8, 4) is 5.69 Å². The molecule has 0 amide bonds. The number of hydrogen-bond donors (Lipinski definition) is 1. The average Bonchev–Trinajstić information content (AvgIpc) is 2.70. The van der Waals surface area contributed by atoms with Crippen LogP contribution < -0.4 is 5.73 Å². The Morgan fingerprint density at radius 1 is 1.53 bits per heavy atom. The highest BCUT2D eigenvalue weighted by atomic mass is 35.5. The number of aryl methyl sites for hydroxylation is 1. The standard InChI is InChI=1S/C13H14ClN3O2/c1-3-19-13(18)9-4-5-11(15)12(6-9)17-7-10(14)8(2)16-17/h4-7H,3,15H2,1-2H3. The summed E-state index contributed by atoms with van der Waals surface area (Å²) in [5.74, 6) is -0.390.